The molecule has 0 saturated carbocycles. The van der Waals surface area contributed by atoms with E-state index in [9.17, 15) is 9.59 Å². The number of hydrogen-bond donors (Lipinski definition) is 1. The second kappa shape index (κ2) is 5.85. The van der Waals surface area contributed by atoms with E-state index in [1.165, 1.54) is 0 Å². The molecule has 2 heterocycles. The minimum absolute atomic E-state index is 0.118. The molecule has 1 aliphatic rings. The van der Waals surface area contributed by atoms with Gasteiger partial charge in [0.15, 0.2) is 0 Å². The highest BCUT2D eigenvalue weighted by Crippen LogP contribution is 2.26. The Labute approximate surface area is 127 Å². The van der Waals surface area contributed by atoms with Crippen LogP contribution in [0.3, 0.4) is 0 Å². The zero-order valence-corrected chi connectivity index (χ0v) is 12.1. The predicted octanol–water partition coefficient (Wildman–Crippen LogP) is 1.80. The van der Waals surface area contributed by atoms with Gasteiger partial charge < -0.3 is 15.0 Å². The van der Waals surface area contributed by atoms with Crippen molar-refractivity contribution in [2.75, 3.05) is 25.5 Å². The molecule has 1 N–H and O–H groups in total. The van der Waals surface area contributed by atoms with E-state index >= 15 is 0 Å². The zero-order valence-electron chi connectivity index (χ0n) is 12.1. The molecule has 0 saturated heterocycles. The van der Waals surface area contributed by atoms with Crippen molar-refractivity contribution in [3.05, 3.63) is 53.9 Å². The quantitative estimate of drug-likeness (QED) is 0.917. The summed E-state index contributed by atoms with van der Waals surface area (Å²) in [4.78, 5) is 29.9. The van der Waals surface area contributed by atoms with Crippen LogP contribution in [0.5, 0.6) is 5.75 Å². The van der Waals surface area contributed by atoms with Gasteiger partial charge in [-0.3, -0.25) is 14.6 Å². The summed E-state index contributed by atoms with van der Waals surface area (Å²) >= 11 is 0. The maximum Gasteiger partial charge on any atom is 0.257 e. The summed E-state index contributed by atoms with van der Waals surface area (Å²) in [5.74, 6) is 0.168. The first-order valence-corrected chi connectivity index (χ1v) is 6.89. The summed E-state index contributed by atoms with van der Waals surface area (Å²) in [6, 6.07) is 8.31. The summed E-state index contributed by atoms with van der Waals surface area (Å²) in [6.07, 6.45) is 3.11. The van der Waals surface area contributed by atoms with Crippen LogP contribution in [-0.2, 0) is 0 Å². The molecule has 6 heteroatoms. The second-order valence-corrected chi connectivity index (χ2v) is 4.98. The van der Waals surface area contributed by atoms with Gasteiger partial charge >= 0.3 is 0 Å². The first kappa shape index (κ1) is 14.1. The highest BCUT2D eigenvalue weighted by Gasteiger charge is 2.21. The number of ether oxygens (including phenoxy) is 1. The van der Waals surface area contributed by atoms with Crippen LogP contribution in [0.15, 0.2) is 42.7 Å². The highest BCUT2D eigenvalue weighted by atomic mass is 16.5. The SMILES string of the molecule is CN1CCOc2ccc(NC(=O)c3ccncc3)cc2C1=O. The monoisotopic (exact) mass is 297 g/mol. The van der Waals surface area contributed by atoms with Crippen LogP contribution in [0.25, 0.3) is 0 Å². The van der Waals surface area contributed by atoms with Crippen molar-refractivity contribution in [3.8, 4) is 5.75 Å². The fourth-order valence-electron chi connectivity index (χ4n) is 2.21. The molecule has 0 radical (unpaired) electrons. The Morgan fingerprint density at radius 3 is 2.82 bits per heavy atom. The predicted molar refractivity (Wildman–Crippen MR) is 81.1 cm³/mol. The number of pyridine rings is 1. The number of carbonyl (C=O) groups is 2. The molecule has 1 aromatic carbocycles. The molecule has 0 bridgehead atoms. The Bertz CT molecular complexity index is 716. The smallest absolute Gasteiger partial charge is 0.257 e. The van der Waals surface area contributed by atoms with Crippen molar-refractivity contribution >= 4 is 17.5 Å². The van der Waals surface area contributed by atoms with Gasteiger partial charge in [-0.05, 0) is 30.3 Å². The number of nitrogens with one attached hydrogen (secondary N) is 1. The minimum atomic E-state index is -0.252. The van der Waals surface area contributed by atoms with Gasteiger partial charge in [-0.25, -0.2) is 0 Å². The fourth-order valence-corrected chi connectivity index (χ4v) is 2.21. The Balaban J connectivity index is 1.86. The van der Waals surface area contributed by atoms with Crippen molar-refractivity contribution in [1.29, 1.82) is 0 Å². The van der Waals surface area contributed by atoms with E-state index in [1.807, 2.05) is 0 Å². The number of rotatable bonds is 2. The molecule has 22 heavy (non-hydrogen) atoms. The summed E-state index contributed by atoms with van der Waals surface area (Å²) in [5, 5.41) is 2.77. The molecule has 112 valence electrons. The standard InChI is InChI=1S/C16H15N3O3/c1-19-8-9-22-14-3-2-12(10-13(14)16(19)21)18-15(20)11-4-6-17-7-5-11/h2-7,10H,8-9H2,1H3,(H,18,20). The lowest BCUT2D eigenvalue weighted by molar-refractivity contribution is 0.0796. The Kier molecular flexibility index (Phi) is 3.74. The topological polar surface area (TPSA) is 71.5 Å². The number of hydrogen-bond acceptors (Lipinski definition) is 4. The Morgan fingerprint density at radius 1 is 1.27 bits per heavy atom. The van der Waals surface area contributed by atoms with E-state index in [0.717, 1.165) is 0 Å². The molecule has 0 unspecified atom stereocenters. The average Bonchev–Trinajstić information content (AvgIpc) is 2.68. The lowest BCUT2D eigenvalue weighted by Gasteiger charge is -2.13. The number of anilines is 1. The van der Waals surface area contributed by atoms with Crippen LogP contribution in [0.2, 0.25) is 0 Å². The van der Waals surface area contributed by atoms with Gasteiger partial charge in [-0.1, -0.05) is 0 Å². The van der Waals surface area contributed by atoms with Crippen molar-refractivity contribution in [2.24, 2.45) is 0 Å². The Morgan fingerprint density at radius 2 is 2.05 bits per heavy atom. The molecule has 2 aromatic rings. The lowest BCUT2D eigenvalue weighted by atomic mass is 10.1. The van der Waals surface area contributed by atoms with Crippen molar-refractivity contribution in [1.82, 2.24) is 9.88 Å². The number of aromatic nitrogens is 1. The second-order valence-electron chi connectivity index (χ2n) is 4.98. The maximum absolute atomic E-state index is 12.3. The normalized spacial score (nSPS) is 13.9. The zero-order chi connectivity index (χ0) is 15.5. The molecule has 3 rings (SSSR count). The van der Waals surface area contributed by atoms with Crippen molar-refractivity contribution in [2.45, 2.75) is 0 Å². The van der Waals surface area contributed by atoms with Gasteiger partial charge in [0.25, 0.3) is 11.8 Å². The van der Waals surface area contributed by atoms with Gasteiger partial charge in [0.05, 0.1) is 12.1 Å². The van der Waals surface area contributed by atoms with Crippen LogP contribution in [0.1, 0.15) is 20.7 Å². The third-order valence-corrected chi connectivity index (χ3v) is 3.44. The van der Waals surface area contributed by atoms with Crippen molar-refractivity contribution < 1.29 is 14.3 Å². The molecule has 0 aliphatic carbocycles. The summed E-state index contributed by atoms with van der Waals surface area (Å²) in [6.45, 7) is 0.990. The van der Waals surface area contributed by atoms with E-state index in [1.54, 1.807) is 54.7 Å². The van der Waals surface area contributed by atoms with Crippen LogP contribution >= 0.6 is 0 Å². The van der Waals surface area contributed by atoms with E-state index in [2.05, 4.69) is 10.3 Å². The number of benzene rings is 1. The number of likely N-dealkylation sites (N-methyl/N-ethyl adjacent to an activating group) is 1. The molecule has 0 fully saturated rings. The highest BCUT2D eigenvalue weighted by molar-refractivity contribution is 6.05. The first-order chi connectivity index (χ1) is 10.6. The fraction of sp³-hybridized carbons (Fsp3) is 0.188. The van der Waals surface area contributed by atoms with Crippen molar-refractivity contribution in [3.63, 3.8) is 0 Å². The van der Waals surface area contributed by atoms with E-state index in [0.29, 0.717) is 35.7 Å². The summed E-state index contributed by atoms with van der Waals surface area (Å²) in [7, 11) is 1.73. The van der Waals surface area contributed by atoms with Gasteiger partial charge in [0.2, 0.25) is 0 Å². The molecule has 2 amide bonds. The van der Waals surface area contributed by atoms with E-state index in [4.69, 9.17) is 4.74 Å². The van der Waals surface area contributed by atoms with Crippen LogP contribution < -0.4 is 10.1 Å². The maximum atomic E-state index is 12.3. The van der Waals surface area contributed by atoms with Crippen LogP contribution in [-0.4, -0.2) is 41.9 Å². The molecule has 0 atom stereocenters. The minimum Gasteiger partial charge on any atom is -0.491 e. The summed E-state index contributed by atoms with van der Waals surface area (Å²) in [5.41, 5.74) is 1.50. The number of amides is 2. The molecule has 0 spiro atoms. The molecule has 1 aliphatic heterocycles. The molecular formula is C16H15N3O3. The number of carbonyl (C=O) groups excluding carboxylic acids is 2. The third kappa shape index (κ3) is 2.76. The van der Waals surface area contributed by atoms with Gasteiger partial charge in [0, 0.05) is 30.7 Å². The first-order valence-electron chi connectivity index (χ1n) is 6.89. The largest absolute Gasteiger partial charge is 0.491 e. The van der Waals surface area contributed by atoms with E-state index in [-0.39, 0.29) is 11.8 Å². The Hall–Kier alpha value is -2.89. The van der Waals surface area contributed by atoms with Gasteiger partial charge in [0.1, 0.15) is 12.4 Å². The molecule has 6 nitrogen and oxygen atoms in total. The van der Waals surface area contributed by atoms with Gasteiger partial charge in [-0.15, -0.1) is 0 Å². The molecular weight excluding hydrogens is 282 g/mol. The number of fused-ring (bicyclic) bond motifs is 1. The van der Waals surface area contributed by atoms with E-state index < -0.39 is 0 Å². The van der Waals surface area contributed by atoms with Crippen LogP contribution in [0, 0.1) is 0 Å². The van der Waals surface area contributed by atoms with Crippen LogP contribution in [0.4, 0.5) is 5.69 Å². The third-order valence-electron chi connectivity index (χ3n) is 3.44. The average molecular weight is 297 g/mol. The number of nitrogens with zero attached hydrogens (tertiary/aromatic N) is 2. The van der Waals surface area contributed by atoms with Gasteiger partial charge in [-0.2, -0.15) is 0 Å². The lowest BCUT2D eigenvalue weighted by Crippen LogP contribution is -2.27. The summed E-state index contributed by atoms with van der Waals surface area (Å²) < 4.78 is 5.55. The molecule has 1 aromatic heterocycles.